The zero-order chi connectivity index (χ0) is 20.5. The number of ether oxygens (including phenoxy) is 1. The molecule has 0 radical (unpaired) electrons. The molecule has 0 fully saturated rings. The fourth-order valence-electron chi connectivity index (χ4n) is 3.01. The summed E-state index contributed by atoms with van der Waals surface area (Å²) in [5.74, 6) is -0.782. The molecule has 0 bridgehead atoms. The number of halogens is 1. The second-order valence-corrected chi connectivity index (χ2v) is 10.1. The highest BCUT2D eigenvalue weighted by Crippen LogP contribution is 2.27. The van der Waals surface area contributed by atoms with Gasteiger partial charge < -0.3 is 4.74 Å². The van der Waals surface area contributed by atoms with Gasteiger partial charge >= 0.3 is 0 Å². The van der Waals surface area contributed by atoms with E-state index in [0.29, 0.717) is 13.0 Å². The minimum absolute atomic E-state index is 0.0175. The molecule has 0 unspecified atom stereocenters. The third kappa shape index (κ3) is 4.45. The third-order valence-electron chi connectivity index (χ3n) is 4.42. The molecule has 28 heavy (non-hydrogen) atoms. The Labute approximate surface area is 164 Å². The highest BCUT2D eigenvalue weighted by Gasteiger charge is 2.24. The van der Waals surface area contributed by atoms with Crippen molar-refractivity contribution in [2.45, 2.75) is 24.8 Å². The van der Waals surface area contributed by atoms with Gasteiger partial charge in [0.25, 0.3) is 10.0 Å². The molecule has 0 spiro atoms. The molecule has 152 valence electrons. The molecule has 0 saturated heterocycles. The topological polar surface area (TPSA) is 92.8 Å². The van der Waals surface area contributed by atoms with Crippen LogP contribution in [0.15, 0.2) is 41.3 Å². The van der Waals surface area contributed by atoms with E-state index in [1.54, 1.807) is 25.1 Å². The van der Waals surface area contributed by atoms with Gasteiger partial charge in [0.2, 0.25) is 10.0 Å². The van der Waals surface area contributed by atoms with Gasteiger partial charge in [0.05, 0.1) is 17.8 Å². The summed E-state index contributed by atoms with van der Waals surface area (Å²) in [7, 11) is -7.35. The molecular weight excluding hydrogens is 407 g/mol. The van der Waals surface area contributed by atoms with Crippen LogP contribution < -0.4 is 9.46 Å². The van der Waals surface area contributed by atoms with Crippen LogP contribution in [0.1, 0.15) is 18.1 Å². The summed E-state index contributed by atoms with van der Waals surface area (Å²) in [4.78, 5) is -0.232. The summed E-state index contributed by atoms with van der Waals surface area (Å²) in [6.07, 6.45) is 1.70. The Kier molecular flexibility index (Phi) is 5.64. The van der Waals surface area contributed by atoms with E-state index in [-0.39, 0.29) is 29.5 Å². The first-order chi connectivity index (χ1) is 13.1. The van der Waals surface area contributed by atoms with Crippen molar-refractivity contribution >= 4 is 25.7 Å². The highest BCUT2D eigenvalue weighted by molar-refractivity contribution is 7.92. The molecule has 0 amide bonds. The summed E-state index contributed by atoms with van der Waals surface area (Å²) in [5, 5.41) is 0. The molecule has 1 N–H and O–H groups in total. The number of hydrogen-bond acceptors (Lipinski definition) is 5. The zero-order valence-corrected chi connectivity index (χ0v) is 17.1. The Bertz CT molecular complexity index is 1100. The molecule has 1 heterocycles. The number of benzene rings is 2. The zero-order valence-electron chi connectivity index (χ0n) is 15.5. The predicted molar refractivity (Wildman–Crippen MR) is 104 cm³/mol. The van der Waals surface area contributed by atoms with Crippen molar-refractivity contribution in [2.75, 3.05) is 24.1 Å². The van der Waals surface area contributed by atoms with Gasteiger partial charge in [0, 0.05) is 18.8 Å². The number of sulfonamides is 2. The van der Waals surface area contributed by atoms with Gasteiger partial charge in [-0.25, -0.2) is 21.2 Å². The summed E-state index contributed by atoms with van der Waals surface area (Å²) in [5.41, 5.74) is 1.98. The summed E-state index contributed by atoms with van der Waals surface area (Å²) >= 11 is 0. The molecule has 0 saturated carbocycles. The molecule has 3 rings (SSSR count). The second kappa shape index (κ2) is 7.69. The molecule has 0 atom stereocenters. The first-order valence-corrected chi connectivity index (χ1v) is 12.0. The fourth-order valence-corrected chi connectivity index (χ4v) is 4.87. The Balaban J connectivity index is 1.85. The Hall–Kier alpha value is -2.17. The fraction of sp³-hybridized carbons (Fsp3) is 0.333. The van der Waals surface area contributed by atoms with Crippen LogP contribution in [0.2, 0.25) is 0 Å². The lowest BCUT2D eigenvalue weighted by molar-refractivity contribution is 0.321. The maximum absolute atomic E-state index is 14.0. The average Bonchev–Trinajstić information content (AvgIpc) is 2.62. The van der Waals surface area contributed by atoms with E-state index in [1.807, 2.05) is 0 Å². The van der Waals surface area contributed by atoms with Crippen molar-refractivity contribution in [1.29, 1.82) is 0 Å². The van der Waals surface area contributed by atoms with Gasteiger partial charge in [-0.1, -0.05) is 6.07 Å². The third-order valence-corrected chi connectivity index (χ3v) is 7.05. The molecule has 0 aromatic heterocycles. The monoisotopic (exact) mass is 428 g/mol. The molecule has 1 aliphatic heterocycles. The van der Waals surface area contributed by atoms with Crippen LogP contribution in [0.3, 0.4) is 0 Å². The number of nitrogens with one attached hydrogen (secondary N) is 1. The predicted octanol–water partition coefficient (Wildman–Crippen LogP) is 2.34. The lowest BCUT2D eigenvalue weighted by atomic mass is 10.0. The minimum atomic E-state index is -4.01. The summed E-state index contributed by atoms with van der Waals surface area (Å²) < 4.78 is 71.6. The van der Waals surface area contributed by atoms with E-state index in [0.717, 1.165) is 23.4 Å². The van der Waals surface area contributed by atoms with Crippen molar-refractivity contribution in [1.82, 2.24) is 4.31 Å². The molecule has 1 aliphatic rings. The first kappa shape index (κ1) is 20.6. The van der Waals surface area contributed by atoms with Gasteiger partial charge in [-0.2, -0.15) is 4.31 Å². The van der Waals surface area contributed by atoms with Crippen LogP contribution in [-0.2, 0) is 33.0 Å². The number of hydrogen-bond donors (Lipinski definition) is 1. The summed E-state index contributed by atoms with van der Waals surface area (Å²) in [6.45, 7) is 2.54. The van der Waals surface area contributed by atoms with Crippen molar-refractivity contribution in [3.63, 3.8) is 0 Å². The van der Waals surface area contributed by atoms with E-state index in [2.05, 4.69) is 4.72 Å². The van der Waals surface area contributed by atoms with Crippen molar-refractivity contribution in [3.8, 4) is 5.75 Å². The van der Waals surface area contributed by atoms with Gasteiger partial charge in [-0.3, -0.25) is 4.72 Å². The molecule has 7 nitrogen and oxygen atoms in total. The Morgan fingerprint density at radius 3 is 2.50 bits per heavy atom. The molecular formula is C18H21FN2O5S2. The molecule has 10 heteroatoms. The van der Waals surface area contributed by atoms with Gasteiger partial charge in [-0.15, -0.1) is 0 Å². The van der Waals surface area contributed by atoms with Crippen LogP contribution in [0.5, 0.6) is 5.75 Å². The van der Waals surface area contributed by atoms with E-state index in [1.165, 1.54) is 16.4 Å². The highest BCUT2D eigenvalue weighted by atomic mass is 32.2. The number of rotatable bonds is 6. The molecule has 2 aromatic carbocycles. The van der Waals surface area contributed by atoms with Crippen LogP contribution in [0, 0.1) is 5.82 Å². The van der Waals surface area contributed by atoms with Crippen LogP contribution in [0.4, 0.5) is 10.1 Å². The number of fused-ring (bicyclic) bond motifs is 1. The van der Waals surface area contributed by atoms with E-state index in [4.69, 9.17) is 4.74 Å². The van der Waals surface area contributed by atoms with Crippen molar-refractivity contribution in [2.24, 2.45) is 0 Å². The standard InChI is InChI=1S/C18H21FN2O5S2/c1-3-26-18-7-6-16(11-17(18)19)28(24,25)20-15-5-4-13-8-9-21(27(2,22)23)12-14(13)10-15/h4-7,10-11,20H,3,8-9,12H2,1-2H3. The Morgan fingerprint density at radius 1 is 1.11 bits per heavy atom. The maximum atomic E-state index is 14.0. The van der Waals surface area contributed by atoms with Crippen LogP contribution in [0.25, 0.3) is 0 Å². The number of anilines is 1. The van der Waals surface area contributed by atoms with E-state index in [9.17, 15) is 21.2 Å². The normalized spacial score (nSPS) is 15.1. The van der Waals surface area contributed by atoms with Crippen molar-refractivity contribution < 1.29 is 26.0 Å². The van der Waals surface area contributed by atoms with Gasteiger partial charge in [0.1, 0.15) is 0 Å². The smallest absolute Gasteiger partial charge is 0.262 e. The minimum Gasteiger partial charge on any atom is -0.491 e. The van der Waals surface area contributed by atoms with Gasteiger partial charge in [-0.05, 0) is 54.8 Å². The average molecular weight is 429 g/mol. The van der Waals surface area contributed by atoms with Gasteiger partial charge in [0.15, 0.2) is 11.6 Å². The summed E-state index contributed by atoms with van der Waals surface area (Å²) in [6, 6.07) is 8.42. The molecule has 2 aromatic rings. The van der Waals surface area contributed by atoms with Crippen LogP contribution in [-0.4, -0.2) is 40.5 Å². The lowest BCUT2D eigenvalue weighted by Crippen LogP contribution is -2.35. The van der Waals surface area contributed by atoms with E-state index >= 15 is 0 Å². The van der Waals surface area contributed by atoms with Crippen molar-refractivity contribution in [3.05, 3.63) is 53.3 Å². The SMILES string of the molecule is CCOc1ccc(S(=O)(=O)Nc2ccc3c(c2)CN(S(C)(=O)=O)CC3)cc1F. The number of nitrogens with zero attached hydrogens (tertiary/aromatic N) is 1. The second-order valence-electron chi connectivity index (χ2n) is 6.46. The molecule has 0 aliphatic carbocycles. The largest absolute Gasteiger partial charge is 0.491 e. The maximum Gasteiger partial charge on any atom is 0.262 e. The Morgan fingerprint density at radius 2 is 1.86 bits per heavy atom. The quantitative estimate of drug-likeness (QED) is 0.762. The lowest BCUT2D eigenvalue weighted by Gasteiger charge is -2.27. The van der Waals surface area contributed by atoms with Crippen LogP contribution >= 0.6 is 0 Å². The van der Waals surface area contributed by atoms with E-state index < -0.39 is 25.9 Å². The first-order valence-electron chi connectivity index (χ1n) is 8.62.